The zero-order chi connectivity index (χ0) is 16.4. The monoisotopic (exact) mass is 324 g/mol. The fourth-order valence-electron chi connectivity index (χ4n) is 3.21. The molecule has 2 aromatic rings. The van der Waals surface area contributed by atoms with E-state index in [0.29, 0.717) is 31.4 Å². The van der Waals surface area contributed by atoms with Crippen LogP contribution in [0.3, 0.4) is 0 Å². The van der Waals surface area contributed by atoms with Crippen LogP contribution >= 0.6 is 0 Å². The fourth-order valence-corrected chi connectivity index (χ4v) is 3.21. The second-order valence-electron chi connectivity index (χ2n) is 6.09. The zero-order valence-electron chi connectivity index (χ0n) is 13.5. The third kappa shape index (κ3) is 2.97. The van der Waals surface area contributed by atoms with Gasteiger partial charge in [0.2, 0.25) is 5.95 Å². The number of aromatic nitrogens is 2. The Labute approximate surface area is 141 Å². The van der Waals surface area contributed by atoms with Gasteiger partial charge in [0.1, 0.15) is 5.69 Å². The molecule has 0 bridgehead atoms. The quantitative estimate of drug-likeness (QED) is 0.838. The summed E-state index contributed by atoms with van der Waals surface area (Å²) in [4.78, 5) is 25.6. The van der Waals surface area contributed by atoms with Gasteiger partial charge in [0, 0.05) is 32.4 Å². The lowest BCUT2D eigenvalue weighted by Gasteiger charge is -2.29. The molecule has 1 aromatic heterocycles. The largest absolute Gasteiger partial charge is 0.378 e. The second-order valence-corrected chi connectivity index (χ2v) is 6.09. The van der Waals surface area contributed by atoms with Gasteiger partial charge in [-0.3, -0.25) is 4.79 Å². The average molecular weight is 324 g/mol. The molecular formula is C18H20N4O2. The number of carbonyl (C=O) groups excluding carboxylic acids is 1. The van der Waals surface area contributed by atoms with Crippen LogP contribution in [-0.2, 0) is 17.7 Å². The Morgan fingerprint density at radius 3 is 2.67 bits per heavy atom. The van der Waals surface area contributed by atoms with E-state index in [1.165, 1.54) is 11.1 Å². The number of amides is 1. The molecule has 0 saturated carbocycles. The van der Waals surface area contributed by atoms with Crippen molar-refractivity contribution in [1.82, 2.24) is 14.9 Å². The smallest absolute Gasteiger partial charge is 0.272 e. The maximum atomic E-state index is 12.8. The highest BCUT2D eigenvalue weighted by atomic mass is 16.5. The van der Waals surface area contributed by atoms with E-state index in [2.05, 4.69) is 33.1 Å². The zero-order valence-corrected chi connectivity index (χ0v) is 13.5. The highest BCUT2D eigenvalue weighted by Crippen LogP contribution is 2.20. The fraction of sp³-hybridized carbons (Fsp3) is 0.389. The Morgan fingerprint density at radius 1 is 1.04 bits per heavy atom. The number of morpholine rings is 1. The minimum atomic E-state index is -0.0265. The molecule has 1 aromatic carbocycles. The summed E-state index contributed by atoms with van der Waals surface area (Å²) in [6.07, 6.45) is 2.56. The predicted octanol–water partition coefficient (Wildman–Crippen LogP) is 1.51. The summed E-state index contributed by atoms with van der Waals surface area (Å²) in [7, 11) is 0. The molecule has 0 atom stereocenters. The molecule has 6 heteroatoms. The van der Waals surface area contributed by atoms with Crippen molar-refractivity contribution in [2.75, 3.05) is 37.7 Å². The van der Waals surface area contributed by atoms with Crippen LogP contribution in [0.15, 0.2) is 36.5 Å². The predicted molar refractivity (Wildman–Crippen MR) is 90.0 cm³/mol. The van der Waals surface area contributed by atoms with Crippen molar-refractivity contribution in [3.63, 3.8) is 0 Å². The summed E-state index contributed by atoms with van der Waals surface area (Å²) in [6, 6.07) is 10.0. The van der Waals surface area contributed by atoms with Crippen molar-refractivity contribution in [2.45, 2.75) is 13.0 Å². The average Bonchev–Trinajstić information content (AvgIpc) is 2.68. The number of ether oxygens (including phenoxy) is 1. The first-order chi connectivity index (χ1) is 11.8. The van der Waals surface area contributed by atoms with Gasteiger partial charge < -0.3 is 14.5 Å². The molecule has 0 unspecified atom stereocenters. The van der Waals surface area contributed by atoms with E-state index in [0.717, 1.165) is 26.1 Å². The van der Waals surface area contributed by atoms with Gasteiger partial charge in [-0.2, -0.15) is 0 Å². The molecule has 0 radical (unpaired) electrons. The first-order valence-electron chi connectivity index (χ1n) is 8.33. The lowest BCUT2D eigenvalue weighted by molar-refractivity contribution is 0.0728. The Kier molecular flexibility index (Phi) is 4.13. The van der Waals surface area contributed by atoms with Crippen LogP contribution in [0.25, 0.3) is 0 Å². The Morgan fingerprint density at radius 2 is 1.83 bits per heavy atom. The molecule has 124 valence electrons. The summed E-state index contributed by atoms with van der Waals surface area (Å²) in [5.41, 5.74) is 3.02. The molecule has 4 rings (SSSR count). The van der Waals surface area contributed by atoms with Gasteiger partial charge in [0.15, 0.2) is 0 Å². The van der Waals surface area contributed by atoms with Gasteiger partial charge in [-0.1, -0.05) is 24.3 Å². The van der Waals surface area contributed by atoms with Gasteiger partial charge in [-0.15, -0.1) is 0 Å². The summed E-state index contributed by atoms with van der Waals surface area (Å²) < 4.78 is 5.35. The van der Waals surface area contributed by atoms with Gasteiger partial charge >= 0.3 is 0 Å². The minimum Gasteiger partial charge on any atom is -0.378 e. The molecule has 24 heavy (non-hydrogen) atoms. The second kappa shape index (κ2) is 6.57. The number of hydrogen-bond donors (Lipinski definition) is 0. The van der Waals surface area contributed by atoms with E-state index in [1.54, 1.807) is 12.3 Å². The van der Waals surface area contributed by atoms with Gasteiger partial charge in [0.05, 0.1) is 13.2 Å². The summed E-state index contributed by atoms with van der Waals surface area (Å²) in [5, 5.41) is 0. The highest BCUT2D eigenvalue weighted by Gasteiger charge is 2.23. The standard InChI is InChI=1S/C18H20N4O2/c23-17(22-8-6-14-3-1-2-4-15(14)13-22)16-5-7-19-18(20-16)21-9-11-24-12-10-21/h1-5,7H,6,8-13H2. The van der Waals surface area contributed by atoms with Crippen LogP contribution in [-0.4, -0.2) is 53.6 Å². The summed E-state index contributed by atoms with van der Waals surface area (Å²) in [6.45, 7) is 4.23. The third-order valence-electron chi connectivity index (χ3n) is 4.57. The first kappa shape index (κ1) is 15.1. The molecule has 1 saturated heterocycles. The molecule has 2 aliphatic heterocycles. The van der Waals surface area contributed by atoms with Crippen LogP contribution in [0.2, 0.25) is 0 Å². The summed E-state index contributed by atoms with van der Waals surface area (Å²) in [5.74, 6) is 0.586. The van der Waals surface area contributed by atoms with Gasteiger partial charge in [-0.05, 0) is 23.6 Å². The van der Waals surface area contributed by atoms with Crippen LogP contribution in [0.1, 0.15) is 21.6 Å². The summed E-state index contributed by atoms with van der Waals surface area (Å²) >= 11 is 0. The lowest BCUT2D eigenvalue weighted by Crippen LogP contribution is -2.39. The molecule has 3 heterocycles. The number of carbonyl (C=O) groups is 1. The Balaban J connectivity index is 1.52. The maximum Gasteiger partial charge on any atom is 0.272 e. The van der Waals surface area contributed by atoms with Crippen molar-refractivity contribution < 1.29 is 9.53 Å². The van der Waals surface area contributed by atoms with Crippen LogP contribution in [0.4, 0.5) is 5.95 Å². The van der Waals surface area contributed by atoms with Crippen molar-refractivity contribution in [3.05, 3.63) is 53.3 Å². The molecule has 6 nitrogen and oxygen atoms in total. The molecule has 2 aliphatic rings. The minimum absolute atomic E-state index is 0.0265. The molecule has 0 N–H and O–H groups in total. The molecule has 0 spiro atoms. The van der Waals surface area contributed by atoms with Crippen LogP contribution in [0, 0.1) is 0 Å². The van der Waals surface area contributed by atoms with E-state index in [4.69, 9.17) is 4.74 Å². The van der Waals surface area contributed by atoms with Gasteiger partial charge in [0.25, 0.3) is 5.91 Å². The van der Waals surface area contributed by atoms with Crippen molar-refractivity contribution in [2.24, 2.45) is 0 Å². The van der Waals surface area contributed by atoms with E-state index in [9.17, 15) is 4.79 Å². The highest BCUT2D eigenvalue weighted by molar-refractivity contribution is 5.92. The van der Waals surface area contributed by atoms with Crippen LogP contribution < -0.4 is 4.90 Å². The van der Waals surface area contributed by atoms with Gasteiger partial charge in [-0.25, -0.2) is 9.97 Å². The SMILES string of the molecule is O=C(c1ccnc(N2CCOCC2)n1)N1CCc2ccccc2C1. The van der Waals surface area contributed by atoms with Crippen LogP contribution in [0.5, 0.6) is 0 Å². The van der Waals surface area contributed by atoms with Crippen molar-refractivity contribution >= 4 is 11.9 Å². The first-order valence-corrected chi connectivity index (χ1v) is 8.33. The van der Waals surface area contributed by atoms with E-state index >= 15 is 0 Å². The number of hydrogen-bond acceptors (Lipinski definition) is 5. The maximum absolute atomic E-state index is 12.8. The Bertz CT molecular complexity index is 743. The van der Waals surface area contributed by atoms with E-state index in [1.807, 2.05) is 11.0 Å². The number of fused-ring (bicyclic) bond motifs is 1. The van der Waals surface area contributed by atoms with E-state index in [-0.39, 0.29) is 5.91 Å². The van der Waals surface area contributed by atoms with E-state index < -0.39 is 0 Å². The molecular weight excluding hydrogens is 304 g/mol. The number of anilines is 1. The lowest BCUT2D eigenvalue weighted by atomic mass is 10.00. The Hall–Kier alpha value is -2.47. The third-order valence-corrected chi connectivity index (χ3v) is 4.57. The number of nitrogens with zero attached hydrogens (tertiary/aromatic N) is 4. The number of rotatable bonds is 2. The topological polar surface area (TPSA) is 58.6 Å². The molecule has 1 amide bonds. The van der Waals surface area contributed by atoms with Crippen molar-refractivity contribution in [3.8, 4) is 0 Å². The van der Waals surface area contributed by atoms with Crippen molar-refractivity contribution in [1.29, 1.82) is 0 Å². The normalized spacial score (nSPS) is 17.5. The molecule has 0 aliphatic carbocycles. The molecule has 1 fully saturated rings. The number of benzene rings is 1.